The summed E-state index contributed by atoms with van der Waals surface area (Å²) in [6, 6.07) is -1.14. The number of halogens is 3. The van der Waals surface area contributed by atoms with Gasteiger partial charge in [-0.25, -0.2) is 0 Å². The molecular formula is C13H21F3N2O3. The molecule has 2 amide bonds. The molecule has 1 fully saturated rings. The Morgan fingerprint density at radius 1 is 1.33 bits per heavy atom. The van der Waals surface area contributed by atoms with Crippen molar-refractivity contribution in [1.29, 1.82) is 0 Å². The van der Waals surface area contributed by atoms with Gasteiger partial charge in [0.2, 0.25) is 11.8 Å². The normalized spacial score (nSPS) is 23.4. The van der Waals surface area contributed by atoms with E-state index in [4.69, 9.17) is 0 Å². The van der Waals surface area contributed by atoms with Gasteiger partial charge >= 0.3 is 6.18 Å². The van der Waals surface area contributed by atoms with E-state index >= 15 is 0 Å². The van der Waals surface area contributed by atoms with Gasteiger partial charge in [-0.3, -0.25) is 9.59 Å². The van der Waals surface area contributed by atoms with Gasteiger partial charge in [-0.2, -0.15) is 13.2 Å². The summed E-state index contributed by atoms with van der Waals surface area (Å²) in [6.07, 6.45) is -2.77. The van der Waals surface area contributed by atoms with Gasteiger partial charge in [0.25, 0.3) is 0 Å². The van der Waals surface area contributed by atoms with Gasteiger partial charge in [0.1, 0.15) is 18.7 Å². The molecule has 0 spiro atoms. The SMILES string of the molecule is CCCC1NC(=O)C(C)N(CCCOCC(F)(F)F)C1=O. The van der Waals surface area contributed by atoms with Gasteiger partial charge in [0, 0.05) is 13.2 Å². The summed E-state index contributed by atoms with van der Waals surface area (Å²) < 4.78 is 40.2. The summed E-state index contributed by atoms with van der Waals surface area (Å²) in [5, 5.41) is 2.66. The summed E-state index contributed by atoms with van der Waals surface area (Å²) in [7, 11) is 0. The lowest BCUT2D eigenvalue weighted by Gasteiger charge is -2.37. The highest BCUT2D eigenvalue weighted by Crippen LogP contribution is 2.16. The maximum Gasteiger partial charge on any atom is 0.411 e. The summed E-state index contributed by atoms with van der Waals surface area (Å²) in [4.78, 5) is 25.4. The molecule has 2 unspecified atom stereocenters. The van der Waals surface area contributed by atoms with E-state index in [-0.39, 0.29) is 31.4 Å². The first-order chi connectivity index (χ1) is 9.76. The monoisotopic (exact) mass is 310 g/mol. The van der Waals surface area contributed by atoms with Crippen molar-refractivity contribution in [1.82, 2.24) is 10.2 Å². The number of nitrogens with zero attached hydrogens (tertiary/aromatic N) is 1. The lowest BCUT2D eigenvalue weighted by atomic mass is 10.0. The highest BCUT2D eigenvalue weighted by molar-refractivity contribution is 5.96. The Hall–Kier alpha value is -1.31. The maximum absolute atomic E-state index is 12.2. The van der Waals surface area contributed by atoms with Crippen LogP contribution in [-0.4, -0.2) is 54.7 Å². The van der Waals surface area contributed by atoms with Crippen molar-refractivity contribution in [2.75, 3.05) is 19.8 Å². The van der Waals surface area contributed by atoms with Crippen LogP contribution in [-0.2, 0) is 14.3 Å². The third-order valence-electron chi connectivity index (χ3n) is 3.28. The van der Waals surface area contributed by atoms with E-state index in [0.717, 1.165) is 6.42 Å². The summed E-state index contributed by atoms with van der Waals surface area (Å²) in [6.45, 7) is 2.33. The minimum absolute atomic E-state index is 0.101. The topological polar surface area (TPSA) is 58.6 Å². The summed E-state index contributed by atoms with van der Waals surface area (Å²) >= 11 is 0. The molecule has 0 bridgehead atoms. The molecular weight excluding hydrogens is 289 g/mol. The lowest BCUT2D eigenvalue weighted by molar-refractivity contribution is -0.174. The zero-order valence-corrected chi connectivity index (χ0v) is 12.2. The molecule has 0 aromatic heterocycles. The molecule has 1 saturated heterocycles. The summed E-state index contributed by atoms with van der Waals surface area (Å²) in [5.74, 6) is -0.413. The number of amides is 2. The fourth-order valence-electron chi connectivity index (χ4n) is 2.20. The molecule has 2 atom stereocenters. The number of ether oxygens (including phenoxy) is 1. The zero-order chi connectivity index (χ0) is 16.0. The number of hydrogen-bond acceptors (Lipinski definition) is 3. The largest absolute Gasteiger partial charge is 0.411 e. The first-order valence-electron chi connectivity index (χ1n) is 7.01. The third kappa shape index (κ3) is 5.53. The van der Waals surface area contributed by atoms with Crippen molar-refractivity contribution >= 4 is 11.8 Å². The summed E-state index contributed by atoms with van der Waals surface area (Å²) in [5.41, 5.74) is 0. The van der Waals surface area contributed by atoms with E-state index in [1.807, 2.05) is 6.92 Å². The van der Waals surface area contributed by atoms with E-state index < -0.39 is 24.9 Å². The van der Waals surface area contributed by atoms with E-state index in [1.165, 1.54) is 4.90 Å². The van der Waals surface area contributed by atoms with Crippen molar-refractivity contribution in [3.63, 3.8) is 0 Å². The molecule has 1 N–H and O–H groups in total. The molecule has 0 aromatic carbocycles. The molecule has 0 aromatic rings. The second kappa shape index (κ2) is 7.63. The van der Waals surface area contributed by atoms with Crippen molar-refractivity contribution in [2.24, 2.45) is 0 Å². The fourth-order valence-corrected chi connectivity index (χ4v) is 2.20. The first-order valence-corrected chi connectivity index (χ1v) is 7.01. The lowest BCUT2D eigenvalue weighted by Crippen LogP contribution is -2.62. The van der Waals surface area contributed by atoms with Crippen molar-refractivity contribution < 1.29 is 27.5 Å². The van der Waals surface area contributed by atoms with Crippen molar-refractivity contribution in [3.8, 4) is 0 Å². The van der Waals surface area contributed by atoms with Crippen LogP contribution in [0.3, 0.4) is 0 Å². The number of hydrogen-bond donors (Lipinski definition) is 1. The van der Waals surface area contributed by atoms with E-state index in [2.05, 4.69) is 10.1 Å². The second-order valence-electron chi connectivity index (χ2n) is 5.08. The molecule has 21 heavy (non-hydrogen) atoms. The number of alkyl halides is 3. The van der Waals surface area contributed by atoms with Gasteiger partial charge < -0.3 is 15.0 Å². The predicted molar refractivity (Wildman–Crippen MR) is 69.5 cm³/mol. The van der Waals surface area contributed by atoms with Crippen molar-refractivity contribution in [3.05, 3.63) is 0 Å². The van der Waals surface area contributed by atoms with Crippen LogP contribution in [0.1, 0.15) is 33.1 Å². The number of piperazine rings is 1. The van der Waals surface area contributed by atoms with Crippen LogP contribution in [0.2, 0.25) is 0 Å². The Balaban J connectivity index is 2.43. The van der Waals surface area contributed by atoms with Crippen LogP contribution in [0.25, 0.3) is 0 Å². The average molecular weight is 310 g/mol. The predicted octanol–water partition coefficient (Wildman–Crippen LogP) is 1.47. The minimum atomic E-state index is -4.35. The van der Waals surface area contributed by atoms with E-state index in [1.54, 1.807) is 6.92 Å². The molecule has 0 aliphatic carbocycles. The average Bonchev–Trinajstić information content (AvgIpc) is 2.38. The minimum Gasteiger partial charge on any atom is -0.372 e. The van der Waals surface area contributed by atoms with Crippen LogP contribution < -0.4 is 5.32 Å². The first kappa shape index (κ1) is 17.7. The molecule has 1 rings (SSSR count). The van der Waals surface area contributed by atoms with Gasteiger partial charge in [-0.05, 0) is 19.8 Å². The molecule has 5 nitrogen and oxygen atoms in total. The van der Waals surface area contributed by atoms with Gasteiger partial charge in [0.05, 0.1) is 0 Å². The Labute approximate surface area is 121 Å². The molecule has 1 aliphatic rings. The molecule has 0 radical (unpaired) electrons. The van der Waals surface area contributed by atoms with Crippen LogP contribution in [0.4, 0.5) is 13.2 Å². The third-order valence-corrected chi connectivity index (χ3v) is 3.28. The zero-order valence-electron chi connectivity index (χ0n) is 12.2. The number of carbonyl (C=O) groups excluding carboxylic acids is 2. The van der Waals surface area contributed by atoms with Crippen LogP contribution in [0.15, 0.2) is 0 Å². The van der Waals surface area contributed by atoms with Gasteiger partial charge in [0.15, 0.2) is 0 Å². The smallest absolute Gasteiger partial charge is 0.372 e. The number of nitrogens with one attached hydrogen (secondary N) is 1. The van der Waals surface area contributed by atoms with Crippen molar-refractivity contribution in [2.45, 2.75) is 51.4 Å². The molecule has 0 saturated carbocycles. The second-order valence-corrected chi connectivity index (χ2v) is 5.08. The fraction of sp³-hybridized carbons (Fsp3) is 0.846. The molecule has 122 valence electrons. The Bertz CT molecular complexity index is 374. The number of rotatable bonds is 7. The maximum atomic E-state index is 12.2. The Morgan fingerprint density at radius 2 is 2.00 bits per heavy atom. The standard InChI is InChI=1S/C13H21F3N2O3/c1-3-5-10-12(20)18(9(2)11(19)17-10)6-4-7-21-8-13(14,15)16/h9-10H,3-8H2,1-2H3,(H,17,19). The number of carbonyl (C=O) groups is 2. The van der Waals surface area contributed by atoms with Gasteiger partial charge in [-0.1, -0.05) is 13.3 Å². The molecule has 1 heterocycles. The van der Waals surface area contributed by atoms with Gasteiger partial charge in [-0.15, -0.1) is 0 Å². The Morgan fingerprint density at radius 3 is 2.57 bits per heavy atom. The molecule has 1 aliphatic heterocycles. The highest BCUT2D eigenvalue weighted by Gasteiger charge is 2.37. The van der Waals surface area contributed by atoms with E-state index in [9.17, 15) is 22.8 Å². The van der Waals surface area contributed by atoms with Crippen LogP contribution in [0.5, 0.6) is 0 Å². The van der Waals surface area contributed by atoms with Crippen LogP contribution in [0, 0.1) is 0 Å². The quantitative estimate of drug-likeness (QED) is 0.725. The van der Waals surface area contributed by atoms with Crippen LogP contribution >= 0.6 is 0 Å². The highest BCUT2D eigenvalue weighted by atomic mass is 19.4. The molecule has 8 heteroatoms. The Kier molecular flexibility index (Phi) is 6.44. The van der Waals surface area contributed by atoms with E-state index in [0.29, 0.717) is 6.42 Å².